The van der Waals surface area contributed by atoms with Gasteiger partial charge in [0.15, 0.2) is 5.11 Å². The summed E-state index contributed by atoms with van der Waals surface area (Å²) >= 11 is 4.80. The van der Waals surface area contributed by atoms with Crippen LogP contribution in [0.25, 0.3) is 11.8 Å². The Morgan fingerprint density at radius 1 is 1.04 bits per heavy atom. The van der Waals surface area contributed by atoms with Crippen LogP contribution in [0.3, 0.4) is 0 Å². The fraction of sp³-hybridized carbons (Fsp3) is 0.176. The van der Waals surface area contributed by atoms with Crippen molar-refractivity contribution in [2.75, 3.05) is 0 Å². The maximum Gasteiger partial charge on any atom is 0.263 e. The highest BCUT2D eigenvalue weighted by molar-refractivity contribution is 7.80. The Morgan fingerprint density at radius 2 is 1.62 bits per heavy atom. The van der Waals surface area contributed by atoms with E-state index in [2.05, 4.69) is 15.7 Å². The SMILES string of the molecule is Cc1ccc(-n2nc(C)c(C=C3C(=O)NC(=S)NC3=O)c2C)cc1. The predicted molar refractivity (Wildman–Crippen MR) is 94.6 cm³/mol. The predicted octanol–water partition coefficient (Wildman–Crippen LogP) is 1.71. The second-order valence-electron chi connectivity index (χ2n) is 5.63. The molecule has 0 atom stereocenters. The van der Waals surface area contributed by atoms with Crippen LogP contribution in [-0.4, -0.2) is 26.7 Å². The Bertz CT molecular complexity index is 872. The normalized spacial score (nSPS) is 14.5. The summed E-state index contributed by atoms with van der Waals surface area (Å²) in [4.78, 5) is 24.0. The molecule has 2 N–H and O–H groups in total. The van der Waals surface area contributed by atoms with Crippen molar-refractivity contribution in [1.29, 1.82) is 0 Å². The molecule has 0 radical (unpaired) electrons. The van der Waals surface area contributed by atoms with Crippen LogP contribution in [0.4, 0.5) is 0 Å². The highest BCUT2D eigenvalue weighted by Gasteiger charge is 2.26. The van der Waals surface area contributed by atoms with Gasteiger partial charge in [0.25, 0.3) is 11.8 Å². The van der Waals surface area contributed by atoms with Gasteiger partial charge in [0.2, 0.25) is 0 Å². The third-order valence-electron chi connectivity index (χ3n) is 3.86. The molecule has 1 aromatic heterocycles. The van der Waals surface area contributed by atoms with Gasteiger partial charge in [-0.1, -0.05) is 17.7 Å². The van der Waals surface area contributed by atoms with Crippen molar-refractivity contribution < 1.29 is 9.59 Å². The van der Waals surface area contributed by atoms with Gasteiger partial charge in [0.05, 0.1) is 11.4 Å². The van der Waals surface area contributed by atoms with Crippen molar-refractivity contribution in [3.8, 4) is 5.69 Å². The quantitative estimate of drug-likeness (QED) is 0.496. The number of nitrogens with zero attached hydrogens (tertiary/aromatic N) is 2. The number of hydrogen-bond acceptors (Lipinski definition) is 4. The third kappa shape index (κ3) is 2.85. The summed E-state index contributed by atoms with van der Waals surface area (Å²) < 4.78 is 1.80. The van der Waals surface area contributed by atoms with Crippen LogP contribution in [0.2, 0.25) is 0 Å². The summed E-state index contributed by atoms with van der Waals surface area (Å²) in [6.45, 7) is 5.76. The van der Waals surface area contributed by atoms with E-state index in [1.165, 1.54) is 0 Å². The maximum atomic E-state index is 12.0. The molecule has 24 heavy (non-hydrogen) atoms. The number of rotatable bonds is 2. The van der Waals surface area contributed by atoms with E-state index in [4.69, 9.17) is 12.2 Å². The van der Waals surface area contributed by atoms with Crippen LogP contribution in [0.15, 0.2) is 29.8 Å². The third-order valence-corrected chi connectivity index (χ3v) is 4.06. The molecule has 0 unspecified atom stereocenters. The molecule has 3 rings (SSSR count). The summed E-state index contributed by atoms with van der Waals surface area (Å²) in [6.07, 6.45) is 1.55. The summed E-state index contributed by atoms with van der Waals surface area (Å²) in [5, 5.41) is 9.40. The average Bonchev–Trinajstić information content (AvgIpc) is 2.79. The molecular weight excluding hydrogens is 324 g/mol. The number of benzene rings is 1. The van der Waals surface area contributed by atoms with Crippen molar-refractivity contribution in [2.45, 2.75) is 20.8 Å². The molecule has 1 aliphatic heterocycles. The van der Waals surface area contributed by atoms with Crippen molar-refractivity contribution >= 4 is 35.2 Å². The molecule has 0 saturated carbocycles. The van der Waals surface area contributed by atoms with Crippen molar-refractivity contribution in [3.63, 3.8) is 0 Å². The van der Waals surface area contributed by atoms with E-state index in [0.29, 0.717) is 0 Å². The van der Waals surface area contributed by atoms with E-state index in [9.17, 15) is 9.59 Å². The summed E-state index contributed by atoms with van der Waals surface area (Å²) in [5.74, 6) is -1.02. The second-order valence-corrected chi connectivity index (χ2v) is 6.04. The van der Waals surface area contributed by atoms with Crippen LogP contribution < -0.4 is 10.6 Å². The lowest BCUT2D eigenvalue weighted by Gasteiger charge is -2.16. The van der Waals surface area contributed by atoms with Gasteiger partial charge in [0, 0.05) is 11.3 Å². The average molecular weight is 340 g/mol. The van der Waals surface area contributed by atoms with E-state index in [1.807, 2.05) is 45.0 Å². The smallest absolute Gasteiger partial charge is 0.263 e. The van der Waals surface area contributed by atoms with Gasteiger partial charge >= 0.3 is 0 Å². The Labute approximate surface area is 144 Å². The fourth-order valence-electron chi connectivity index (χ4n) is 2.55. The number of aromatic nitrogens is 2. The molecule has 1 aromatic carbocycles. The van der Waals surface area contributed by atoms with E-state index < -0.39 is 11.8 Å². The van der Waals surface area contributed by atoms with Crippen LogP contribution in [0, 0.1) is 20.8 Å². The zero-order valence-corrected chi connectivity index (χ0v) is 14.3. The van der Waals surface area contributed by atoms with E-state index in [0.717, 1.165) is 28.2 Å². The zero-order valence-electron chi connectivity index (χ0n) is 13.5. The van der Waals surface area contributed by atoms with Crippen LogP contribution in [-0.2, 0) is 9.59 Å². The summed E-state index contributed by atoms with van der Waals surface area (Å²) in [6, 6.07) is 7.97. The van der Waals surface area contributed by atoms with Crippen LogP contribution >= 0.6 is 12.2 Å². The van der Waals surface area contributed by atoms with E-state index >= 15 is 0 Å². The first-order valence-corrected chi connectivity index (χ1v) is 7.79. The molecule has 7 heteroatoms. The zero-order chi connectivity index (χ0) is 17.4. The Morgan fingerprint density at radius 3 is 2.21 bits per heavy atom. The Balaban J connectivity index is 2.05. The van der Waals surface area contributed by atoms with Gasteiger partial charge in [0.1, 0.15) is 5.57 Å². The van der Waals surface area contributed by atoms with Crippen molar-refractivity contribution in [1.82, 2.24) is 20.4 Å². The van der Waals surface area contributed by atoms with Crippen molar-refractivity contribution in [2.24, 2.45) is 0 Å². The Kier molecular flexibility index (Phi) is 4.02. The molecule has 1 aliphatic rings. The van der Waals surface area contributed by atoms with Crippen molar-refractivity contribution in [3.05, 3.63) is 52.4 Å². The number of aryl methyl sites for hydroxylation is 2. The number of hydrogen-bond donors (Lipinski definition) is 2. The number of carbonyl (C=O) groups is 2. The minimum absolute atomic E-state index is 0.0123. The van der Waals surface area contributed by atoms with Crippen LogP contribution in [0.5, 0.6) is 0 Å². The van der Waals surface area contributed by atoms with Gasteiger partial charge in [-0.2, -0.15) is 5.10 Å². The van der Waals surface area contributed by atoms with Gasteiger partial charge in [-0.3, -0.25) is 20.2 Å². The molecule has 0 bridgehead atoms. The molecule has 0 spiro atoms. The molecule has 2 aromatic rings. The monoisotopic (exact) mass is 340 g/mol. The van der Waals surface area contributed by atoms with Gasteiger partial charge in [-0.25, -0.2) is 4.68 Å². The number of carbonyl (C=O) groups excluding carboxylic acids is 2. The fourth-order valence-corrected chi connectivity index (χ4v) is 2.74. The van der Waals surface area contributed by atoms with E-state index in [1.54, 1.807) is 10.8 Å². The lowest BCUT2D eigenvalue weighted by Crippen LogP contribution is -2.51. The lowest BCUT2D eigenvalue weighted by atomic mass is 10.1. The molecule has 2 heterocycles. The first-order chi connectivity index (χ1) is 11.4. The molecular formula is C17H16N4O2S. The number of thiocarbonyl (C=S) groups is 1. The molecule has 2 amide bonds. The van der Waals surface area contributed by atoms with Gasteiger partial charge in [-0.15, -0.1) is 0 Å². The minimum atomic E-state index is -0.509. The largest absolute Gasteiger partial charge is 0.299 e. The standard InChI is InChI=1S/C17H16N4O2S/c1-9-4-6-12(7-5-9)21-11(3)13(10(2)20-21)8-14-15(22)18-17(24)19-16(14)23/h4-8H,1-3H3,(H2,18,19,22,23,24). The Hall–Kier alpha value is -2.80. The second kappa shape index (κ2) is 6.01. The summed E-state index contributed by atoms with van der Waals surface area (Å²) in [5.41, 5.74) is 4.41. The first-order valence-electron chi connectivity index (χ1n) is 7.38. The minimum Gasteiger partial charge on any atom is -0.299 e. The highest BCUT2D eigenvalue weighted by atomic mass is 32.1. The first kappa shape index (κ1) is 16.1. The topological polar surface area (TPSA) is 76.0 Å². The maximum absolute atomic E-state index is 12.0. The highest BCUT2D eigenvalue weighted by Crippen LogP contribution is 2.21. The number of amides is 2. The summed E-state index contributed by atoms with van der Waals surface area (Å²) in [7, 11) is 0. The molecule has 1 saturated heterocycles. The molecule has 6 nitrogen and oxygen atoms in total. The van der Waals surface area contributed by atoms with Gasteiger partial charge in [-0.05, 0) is 51.2 Å². The molecule has 0 aliphatic carbocycles. The van der Waals surface area contributed by atoms with Crippen LogP contribution in [0.1, 0.15) is 22.5 Å². The number of nitrogens with one attached hydrogen (secondary N) is 2. The van der Waals surface area contributed by atoms with E-state index in [-0.39, 0.29) is 10.7 Å². The van der Waals surface area contributed by atoms with Gasteiger partial charge < -0.3 is 0 Å². The molecule has 122 valence electrons. The molecule has 1 fully saturated rings. The lowest BCUT2D eigenvalue weighted by molar-refractivity contribution is -0.123.